The molecule has 0 saturated heterocycles. The van der Waals surface area contributed by atoms with Gasteiger partial charge in [0.1, 0.15) is 0 Å². The number of aliphatic hydroxyl groups excluding tert-OH is 2. The van der Waals surface area contributed by atoms with Crippen LogP contribution in [-0.2, 0) is 14.3 Å². The topological polar surface area (TPSA) is 95.9 Å². The van der Waals surface area contributed by atoms with Gasteiger partial charge in [0.2, 0.25) is 5.91 Å². The Hall–Kier alpha value is -1.92. The van der Waals surface area contributed by atoms with Crippen molar-refractivity contribution in [1.29, 1.82) is 0 Å². The third-order valence-corrected chi connectivity index (χ3v) is 14.6. The van der Waals surface area contributed by atoms with E-state index in [-0.39, 0.29) is 18.5 Å². The lowest BCUT2D eigenvalue weighted by Crippen LogP contribution is -2.45. The first-order valence-corrected chi connectivity index (χ1v) is 31.8. The summed E-state index contributed by atoms with van der Waals surface area (Å²) in [5.41, 5.74) is 0. The van der Waals surface area contributed by atoms with Crippen molar-refractivity contribution in [2.45, 2.75) is 353 Å². The van der Waals surface area contributed by atoms with Gasteiger partial charge in [0.05, 0.1) is 25.4 Å². The van der Waals surface area contributed by atoms with Gasteiger partial charge >= 0.3 is 5.97 Å². The highest BCUT2D eigenvalue weighted by molar-refractivity contribution is 5.76. The van der Waals surface area contributed by atoms with Crippen molar-refractivity contribution in [2.75, 3.05) is 13.2 Å². The van der Waals surface area contributed by atoms with Crippen LogP contribution in [-0.4, -0.2) is 47.4 Å². The number of aliphatic hydroxyl groups is 2. The zero-order valence-electron chi connectivity index (χ0n) is 47.7. The maximum absolute atomic E-state index is 12.5. The fraction of sp³-hybridized carbons (Fsp3) is 0.877. The molecule has 418 valence electrons. The molecular formula is C65H123NO5. The molecule has 2 atom stereocenters. The van der Waals surface area contributed by atoms with E-state index < -0.39 is 12.1 Å². The molecule has 0 aromatic carbocycles. The number of amides is 1. The summed E-state index contributed by atoms with van der Waals surface area (Å²) >= 11 is 0. The first kappa shape index (κ1) is 69.1. The lowest BCUT2D eigenvalue weighted by atomic mass is 10.0. The minimum Gasteiger partial charge on any atom is -0.466 e. The summed E-state index contributed by atoms with van der Waals surface area (Å²) in [5.74, 6) is -0.0988. The molecule has 0 aliphatic rings. The third-order valence-electron chi connectivity index (χ3n) is 14.6. The number of unbranched alkanes of at least 4 members (excludes halogenated alkanes) is 44. The molecule has 0 aliphatic carbocycles. The van der Waals surface area contributed by atoms with E-state index >= 15 is 0 Å². The highest BCUT2D eigenvalue weighted by atomic mass is 16.5. The Labute approximate surface area is 443 Å². The second-order valence-electron chi connectivity index (χ2n) is 21.7. The molecule has 0 radical (unpaired) electrons. The predicted octanol–water partition coefficient (Wildman–Crippen LogP) is 20.0. The molecule has 0 heterocycles. The van der Waals surface area contributed by atoms with Crippen molar-refractivity contribution < 1.29 is 24.5 Å². The van der Waals surface area contributed by atoms with E-state index in [4.69, 9.17) is 4.74 Å². The third kappa shape index (κ3) is 57.2. The van der Waals surface area contributed by atoms with Gasteiger partial charge in [0.15, 0.2) is 0 Å². The number of allylic oxidation sites excluding steroid dienone is 5. The van der Waals surface area contributed by atoms with Crippen LogP contribution in [0.5, 0.6) is 0 Å². The van der Waals surface area contributed by atoms with Crippen LogP contribution >= 0.6 is 0 Å². The zero-order valence-corrected chi connectivity index (χ0v) is 47.7. The van der Waals surface area contributed by atoms with E-state index in [1.165, 1.54) is 244 Å². The molecule has 0 rings (SSSR count). The van der Waals surface area contributed by atoms with E-state index in [9.17, 15) is 19.8 Å². The maximum Gasteiger partial charge on any atom is 0.305 e. The number of rotatable bonds is 59. The summed E-state index contributed by atoms with van der Waals surface area (Å²) < 4.78 is 5.47. The summed E-state index contributed by atoms with van der Waals surface area (Å²) in [5, 5.41) is 23.2. The second-order valence-corrected chi connectivity index (χ2v) is 21.7. The first-order chi connectivity index (χ1) is 35.0. The second kappa shape index (κ2) is 60.6. The average Bonchev–Trinajstić information content (AvgIpc) is 3.37. The lowest BCUT2D eigenvalue weighted by Gasteiger charge is -2.20. The Morgan fingerprint density at radius 2 is 0.662 bits per heavy atom. The number of ether oxygens (including phenoxy) is 1. The molecule has 0 fully saturated rings. The fourth-order valence-electron chi connectivity index (χ4n) is 9.74. The smallest absolute Gasteiger partial charge is 0.305 e. The fourth-order valence-corrected chi connectivity index (χ4v) is 9.74. The van der Waals surface area contributed by atoms with Crippen LogP contribution < -0.4 is 5.32 Å². The molecular weight excluding hydrogens is 875 g/mol. The highest BCUT2D eigenvalue weighted by Gasteiger charge is 2.18. The molecule has 71 heavy (non-hydrogen) atoms. The lowest BCUT2D eigenvalue weighted by molar-refractivity contribution is -0.143. The van der Waals surface area contributed by atoms with Crippen LogP contribution in [0.3, 0.4) is 0 Å². The molecule has 0 aromatic heterocycles. The van der Waals surface area contributed by atoms with Crippen LogP contribution in [0.2, 0.25) is 0 Å². The molecule has 0 aromatic rings. The van der Waals surface area contributed by atoms with Gasteiger partial charge < -0.3 is 20.3 Å². The van der Waals surface area contributed by atoms with Crippen LogP contribution in [0.15, 0.2) is 36.5 Å². The number of nitrogens with one attached hydrogen (secondary N) is 1. The minimum atomic E-state index is -0.856. The molecule has 6 heteroatoms. The van der Waals surface area contributed by atoms with E-state index in [1.807, 2.05) is 6.08 Å². The van der Waals surface area contributed by atoms with Crippen molar-refractivity contribution in [3.63, 3.8) is 0 Å². The normalized spacial score (nSPS) is 12.8. The summed E-state index contributed by atoms with van der Waals surface area (Å²) in [6, 6.07) is -0.641. The van der Waals surface area contributed by atoms with E-state index in [0.29, 0.717) is 19.4 Å². The quantitative estimate of drug-likeness (QED) is 0.0321. The molecule has 1 amide bonds. The Bertz CT molecular complexity index is 1150. The number of esters is 1. The molecule has 0 bridgehead atoms. The minimum absolute atomic E-state index is 0.0181. The number of carbonyl (C=O) groups is 2. The van der Waals surface area contributed by atoms with Gasteiger partial charge in [-0.1, -0.05) is 281 Å². The predicted molar refractivity (Wildman–Crippen MR) is 310 cm³/mol. The summed E-state index contributed by atoms with van der Waals surface area (Å²) in [6.45, 7) is 4.88. The Morgan fingerprint density at radius 3 is 1.00 bits per heavy atom. The molecule has 0 aliphatic heterocycles. The van der Waals surface area contributed by atoms with Gasteiger partial charge in [-0.2, -0.15) is 0 Å². The van der Waals surface area contributed by atoms with Gasteiger partial charge in [0, 0.05) is 12.8 Å². The van der Waals surface area contributed by atoms with Crippen LogP contribution in [0.4, 0.5) is 0 Å². The van der Waals surface area contributed by atoms with Gasteiger partial charge in [-0.3, -0.25) is 9.59 Å². The maximum atomic E-state index is 12.5. The summed E-state index contributed by atoms with van der Waals surface area (Å²) in [4.78, 5) is 24.6. The van der Waals surface area contributed by atoms with Crippen molar-refractivity contribution >= 4 is 11.9 Å². The zero-order chi connectivity index (χ0) is 51.4. The van der Waals surface area contributed by atoms with Gasteiger partial charge in [-0.25, -0.2) is 0 Å². The number of carbonyl (C=O) groups excluding carboxylic acids is 2. The van der Waals surface area contributed by atoms with Crippen molar-refractivity contribution in [3.05, 3.63) is 36.5 Å². The van der Waals surface area contributed by atoms with E-state index in [0.717, 1.165) is 70.6 Å². The first-order valence-electron chi connectivity index (χ1n) is 31.8. The van der Waals surface area contributed by atoms with Crippen molar-refractivity contribution in [2.24, 2.45) is 0 Å². The van der Waals surface area contributed by atoms with Gasteiger partial charge in [0.25, 0.3) is 0 Å². The Balaban J connectivity index is 3.50. The van der Waals surface area contributed by atoms with Crippen LogP contribution in [0, 0.1) is 0 Å². The standard InChI is InChI=1S/C65H123NO5/c1-3-5-7-9-11-13-15-17-19-21-22-23-24-25-26-27-29-33-37-41-45-49-53-57-63(68)62(61-67)66-64(69)58-54-50-46-42-38-34-30-28-32-36-40-44-48-52-56-60-71-65(70)59-55-51-47-43-39-35-31-20-18-16-14-12-10-8-6-4-2/h20,31-32,36,53,57,62-63,67-68H,3-19,21-30,33-35,37-52,54-56,58-61H2,1-2H3,(H,66,69)/b31-20-,36-32-,57-53+. The van der Waals surface area contributed by atoms with E-state index in [2.05, 4.69) is 43.5 Å². The Kier molecular flexibility index (Phi) is 59.0. The molecule has 3 N–H and O–H groups in total. The summed E-state index contributed by atoms with van der Waals surface area (Å²) in [6.07, 6.45) is 76.1. The molecule has 6 nitrogen and oxygen atoms in total. The number of hydrogen-bond donors (Lipinski definition) is 3. The molecule has 0 spiro atoms. The van der Waals surface area contributed by atoms with Crippen LogP contribution in [0.25, 0.3) is 0 Å². The van der Waals surface area contributed by atoms with Crippen molar-refractivity contribution in [1.82, 2.24) is 5.32 Å². The van der Waals surface area contributed by atoms with E-state index in [1.54, 1.807) is 6.08 Å². The van der Waals surface area contributed by atoms with Crippen LogP contribution in [0.1, 0.15) is 341 Å². The largest absolute Gasteiger partial charge is 0.466 e. The highest BCUT2D eigenvalue weighted by Crippen LogP contribution is 2.17. The Morgan fingerprint density at radius 1 is 0.380 bits per heavy atom. The summed E-state index contributed by atoms with van der Waals surface area (Å²) in [7, 11) is 0. The average molecular weight is 999 g/mol. The monoisotopic (exact) mass is 998 g/mol. The molecule has 2 unspecified atom stereocenters. The SMILES string of the molecule is CCCCCCCCC/C=C\CCCCCCCC(=O)OCCCCCC/C=C\CCCCCCCCCC(=O)NC(CO)C(O)/C=C/CCCCCCCCCCCCCCCCCCCCCCC. The number of hydrogen-bond acceptors (Lipinski definition) is 5. The molecule has 0 saturated carbocycles. The van der Waals surface area contributed by atoms with Gasteiger partial charge in [-0.15, -0.1) is 0 Å². The van der Waals surface area contributed by atoms with Gasteiger partial charge in [-0.05, 0) is 83.5 Å². The van der Waals surface area contributed by atoms with Crippen molar-refractivity contribution in [3.8, 4) is 0 Å².